The van der Waals surface area contributed by atoms with Crippen LogP contribution in [0.2, 0.25) is 0 Å². The molecule has 2 aliphatic heterocycles. The zero-order valence-electron chi connectivity index (χ0n) is 20.0. The Morgan fingerprint density at radius 3 is 2.22 bits per heavy atom. The summed E-state index contributed by atoms with van der Waals surface area (Å²) in [4.78, 5) is 39.1. The Morgan fingerprint density at radius 1 is 0.917 bits per heavy atom. The van der Waals surface area contributed by atoms with Crippen LogP contribution in [0.1, 0.15) is 40.0 Å². The molecule has 3 heterocycles. The Bertz CT molecular complexity index is 1330. The smallest absolute Gasteiger partial charge is 0.253 e. The van der Waals surface area contributed by atoms with E-state index in [0.29, 0.717) is 22.6 Å². The van der Waals surface area contributed by atoms with Gasteiger partial charge in [-0.3, -0.25) is 14.4 Å². The number of nitrogens with zero attached hydrogens (tertiary/aromatic N) is 2. The van der Waals surface area contributed by atoms with E-state index >= 15 is 0 Å². The van der Waals surface area contributed by atoms with Crippen molar-refractivity contribution >= 4 is 29.2 Å². The molecule has 0 radical (unpaired) electrons. The van der Waals surface area contributed by atoms with Gasteiger partial charge in [0.1, 0.15) is 5.82 Å². The van der Waals surface area contributed by atoms with E-state index in [1.54, 1.807) is 0 Å². The highest BCUT2D eigenvalue weighted by Gasteiger charge is 2.29. The number of hydrogen-bond acceptors (Lipinski definition) is 4. The second kappa shape index (κ2) is 9.73. The Balaban J connectivity index is 1.60. The van der Waals surface area contributed by atoms with E-state index in [4.69, 9.17) is 5.73 Å². The molecule has 0 saturated carbocycles. The third-order valence-corrected chi connectivity index (χ3v) is 6.79. The zero-order chi connectivity index (χ0) is 25.2. The first-order valence-electron chi connectivity index (χ1n) is 12.2. The van der Waals surface area contributed by atoms with Crippen LogP contribution in [0.15, 0.2) is 61.2 Å². The van der Waals surface area contributed by atoms with E-state index in [0.717, 1.165) is 67.8 Å². The van der Waals surface area contributed by atoms with Crippen LogP contribution in [0.4, 0.5) is 11.5 Å². The lowest BCUT2D eigenvalue weighted by Gasteiger charge is -2.20. The first kappa shape index (κ1) is 23.4. The van der Waals surface area contributed by atoms with Gasteiger partial charge in [-0.05, 0) is 60.7 Å². The lowest BCUT2D eigenvalue weighted by atomic mass is 9.96. The largest absolute Gasteiger partial charge is 0.371 e. The number of anilines is 2. The van der Waals surface area contributed by atoms with Crippen molar-refractivity contribution in [3.05, 3.63) is 72.3 Å². The summed E-state index contributed by atoms with van der Waals surface area (Å²) in [5, 5.41) is 6.11. The normalized spacial score (nSPS) is 14.6. The van der Waals surface area contributed by atoms with E-state index in [2.05, 4.69) is 21.8 Å². The van der Waals surface area contributed by atoms with E-state index in [1.165, 1.54) is 6.08 Å². The molecule has 5 rings (SSSR count). The van der Waals surface area contributed by atoms with Crippen molar-refractivity contribution in [1.29, 1.82) is 0 Å². The van der Waals surface area contributed by atoms with Crippen LogP contribution >= 0.6 is 0 Å². The first-order chi connectivity index (χ1) is 17.5. The Labute approximate surface area is 209 Å². The van der Waals surface area contributed by atoms with Gasteiger partial charge in [-0.15, -0.1) is 0 Å². The summed E-state index contributed by atoms with van der Waals surface area (Å²) < 4.78 is 2.10. The number of carbonyl (C=O) groups is 3. The summed E-state index contributed by atoms with van der Waals surface area (Å²) in [7, 11) is 0. The molecule has 4 N–H and O–H groups in total. The highest BCUT2D eigenvalue weighted by Crippen LogP contribution is 2.43. The maximum Gasteiger partial charge on any atom is 0.253 e. The summed E-state index contributed by atoms with van der Waals surface area (Å²) in [5.74, 6) is -0.0572. The Morgan fingerprint density at radius 2 is 1.58 bits per heavy atom. The minimum absolute atomic E-state index is 0.0319. The third-order valence-electron chi connectivity index (χ3n) is 6.79. The first-order valence-corrected chi connectivity index (χ1v) is 12.2. The third kappa shape index (κ3) is 4.26. The molecule has 8 nitrogen and oxygen atoms in total. The second-order valence-corrected chi connectivity index (χ2v) is 9.09. The number of amides is 3. The fraction of sp³-hybridized carbons (Fsp3) is 0.250. The maximum absolute atomic E-state index is 12.8. The van der Waals surface area contributed by atoms with Gasteiger partial charge in [-0.1, -0.05) is 30.8 Å². The molecule has 1 aromatic heterocycles. The van der Waals surface area contributed by atoms with Crippen LogP contribution in [0, 0.1) is 0 Å². The van der Waals surface area contributed by atoms with Crippen molar-refractivity contribution in [2.24, 2.45) is 5.73 Å². The molecule has 1 fully saturated rings. The van der Waals surface area contributed by atoms with Gasteiger partial charge in [0.25, 0.3) is 11.8 Å². The van der Waals surface area contributed by atoms with Crippen LogP contribution in [-0.4, -0.2) is 46.8 Å². The lowest BCUT2D eigenvalue weighted by molar-refractivity contribution is -0.111. The fourth-order valence-electron chi connectivity index (χ4n) is 5.08. The standard InChI is InChI=1S/C28H29N5O3/c1-2-22(34)31-21-12-10-19(11-13-21)25-23(24(26(29)35)27-30-14-5-17-33(25)27)18-6-8-20(9-7-18)28(36)32-15-3-4-16-32/h2,6-13,30H,1,3-5,14-17H2,(H2,29,35)(H,31,34). The number of nitrogens with one attached hydrogen (secondary N) is 2. The van der Waals surface area contributed by atoms with Crippen LogP contribution in [-0.2, 0) is 11.3 Å². The van der Waals surface area contributed by atoms with Crippen molar-refractivity contribution in [2.45, 2.75) is 25.8 Å². The molecular weight excluding hydrogens is 454 g/mol. The van der Waals surface area contributed by atoms with Crippen molar-refractivity contribution in [3.8, 4) is 22.4 Å². The summed E-state index contributed by atoms with van der Waals surface area (Å²) in [6.45, 7) is 6.55. The van der Waals surface area contributed by atoms with Crippen LogP contribution in [0.3, 0.4) is 0 Å². The Hall–Kier alpha value is -4.33. The summed E-state index contributed by atoms with van der Waals surface area (Å²) >= 11 is 0. The van der Waals surface area contributed by atoms with Gasteiger partial charge >= 0.3 is 0 Å². The monoisotopic (exact) mass is 483 g/mol. The topological polar surface area (TPSA) is 109 Å². The van der Waals surface area contributed by atoms with Crippen LogP contribution < -0.4 is 16.4 Å². The fourth-order valence-corrected chi connectivity index (χ4v) is 5.08. The average Bonchev–Trinajstić information content (AvgIpc) is 3.55. The van der Waals surface area contributed by atoms with Crippen LogP contribution in [0.25, 0.3) is 22.4 Å². The minimum atomic E-state index is -0.513. The second-order valence-electron chi connectivity index (χ2n) is 9.09. The molecule has 0 aliphatic carbocycles. The van der Waals surface area contributed by atoms with Crippen molar-refractivity contribution in [2.75, 3.05) is 30.3 Å². The summed E-state index contributed by atoms with van der Waals surface area (Å²) in [6, 6.07) is 14.9. The molecule has 36 heavy (non-hydrogen) atoms. The number of aromatic nitrogens is 1. The number of benzene rings is 2. The molecule has 8 heteroatoms. The predicted molar refractivity (Wildman–Crippen MR) is 141 cm³/mol. The van der Waals surface area contributed by atoms with E-state index < -0.39 is 5.91 Å². The summed E-state index contributed by atoms with van der Waals surface area (Å²) in [5.41, 5.74) is 10.9. The number of rotatable bonds is 6. The molecule has 3 aromatic rings. The molecule has 2 aromatic carbocycles. The number of likely N-dealkylation sites (tertiary alicyclic amines) is 1. The lowest BCUT2D eigenvalue weighted by Crippen LogP contribution is -2.27. The minimum Gasteiger partial charge on any atom is -0.371 e. The number of hydrogen-bond donors (Lipinski definition) is 3. The number of fused-ring (bicyclic) bond motifs is 1. The number of primary amides is 1. The van der Waals surface area contributed by atoms with Crippen molar-refractivity contribution < 1.29 is 14.4 Å². The van der Waals surface area contributed by atoms with Crippen LogP contribution in [0.5, 0.6) is 0 Å². The highest BCUT2D eigenvalue weighted by molar-refractivity contribution is 6.09. The van der Waals surface area contributed by atoms with Gasteiger partial charge in [0.15, 0.2) is 0 Å². The van der Waals surface area contributed by atoms with Gasteiger partial charge in [0, 0.05) is 43.0 Å². The molecule has 0 bridgehead atoms. The van der Waals surface area contributed by atoms with Gasteiger partial charge in [-0.25, -0.2) is 0 Å². The molecule has 0 unspecified atom stereocenters. The number of carbonyl (C=O) groups excluding carboxylic acids is 3. The van der Waals surface area contributed by atoms with E-state index in [1.807, 2.05) is 53.4 Å². The van der Waals surface area contributed by atoms with Crippen molar-refractivity contribution in [3.63, 3.8) is 0 Å². The predicted octanol–water partition coefficient (Wildman–Crippen LogP) is 4.10. The SMILES string of the molecule is C=CC(=O)Nc1ccc(-c2c(-c3ccc(C(=O)N4CCCC4)cc3)c(C(N)=O)c3n2CCCN3)cc1. The molecule has 0 spiro atoms. The van der Waals surface area contributed by atoms with Gasteiger partial charge in [0.2, 0.25) is 5.91 Å². The molecular formula is C28H29N5O3. The molecule has 3 amide bonds. The maximum atomic E-state index is 12.8. The van der Waals surface area contributed by atoms with Crippen molar-refractivity contribution in [1.82, 2.24) is 9.47 Å². The molecule has 0 atom stereocenters. The molecule has 1 saturated heterocycles. The van der Waals surface area contributed by atoms with E-state index in [-0.39, 0.29) is 11.8 Å². The van der Waals surface area contributed by atoms with Gasteiger partial charge in [-0.2, -0.15) is 0 Å². The number of nitrogens with two attached hydrogens (primary N) is 1. The van der Waals surface area contributed by atoms with E-state index in [9.17, 15) is 14.4 Å². The zero-order valence-corrected chi connectivity index (χ0v) is 20.0. The molecule has 184 valence electrons. The highest BCUT2D eigenvalue weighted by atomic mass is 16.2. The average molecular weight is 484 g/mol. The quantitative estimate of drug-likeness (QED) is 0.459. The Kier molecular flexibility index (Phi) is 6.33. The summed E-state index contributed by atoms with van der Waals surface area (Å²) in [6.07, 6.45) is 4.20. The van der Waals surface area contributed by atoms with Gasteiger partial charge < -0.3 is 25.8 Å². The van der Waals surface area contributed by atoms with Gasteiger partial charge in [0.05, 0.1) is 11.3 Å². The molecule has 2 aliphatic rings.